The summed E-state index contributed by atoms with van der Waals surface area (Å²) in [4.78, 5) is 15.3. The summed E-state index contributed by atoms with van der Waals surface area (Å²) in [6, 6.07) is 2.19. The van der Waals surface area contributed by atoms with E-state index in [4.69, 9.17) is 10.8 Å². The van der Waals surface area contributed by atoms with Gasteiger partial charge in [0.15, 0.2) is 0 Å². The zero-order valence-corrected chi connectivity index (χ0v) is 12.3. The quantitative estimate of drug-likeness (QED) is 0.807. The van der Waals surface area contributed by atoms with Crippen molar-refractivity contribution < 1.29 is 9.90 Å². The molecule has 0 atom stereocenters. The molecule has 1 amide bonds. The van der Waals surface area contributed by atoms with E-state index < -0.39 is 0 Å². The predicted octanol–water partition coefficient (Wildman–Crippen LogP) is 1.44. The van der Waals surface area contributed by atoms with Gasteiger partial charge in [-0.25, -0.2) is 0 Å². The zero-order valence-electron chi connectivity index (χ0n) is 11.5. The van der Waals surface area contributed by atoms with Crippen LogP contribution in [0.3, 0.4) is 0 Å². The smallest absolute Gasteiger partial charge is 0.265 e. The molecule has 0 saturated heterocycles. The first kappa shape index (κ1) is 15.0. The van der Waals surface area contributed by atoms with E-state index in [2.05, 4.69) is 11.8 Å². The lowest BCUT2D eigenvalue weighted by Crippen LogP contribution is -2.44. The van der Waals surface area contributed by atoms with Crippen LogP contribution in [0, 0.1) is 11.8 Å². The number of thiophene rings is 1. The van der Waals surface area contributed by atoms with Gasteiger partial charge in [-0.1, -0.05) is 11.8 Å². The molecule has 1 heterocycles. The highest BCUT2D eigenvalue weighted by Crippen LogP contribution is 2.28. The lowest BCUT2D eigenvalue weighted by atomic mass is 9.91. The molecule has 0 bridgehead atoms. The van der Waals surface area contributed by atoms with E-state index in [1.54, 1.807) is 0 Å². The summed E-state index contributed by atoms with van der Waals surface area (Å²) >= 11 is 1.42. The minimum atomic E-state index is 0.0412. The van der Waals surface area contributed by atoms with E-state index in [0.29, 0.717) is 30.4 Å². The maximum Gasteiger partial charge on any atom is 0.265 e. The Morgan fingerprint density at radius 2 is 2.35 bits per heavy atom. The number of carbonyl (C=O) groups is 1. The Labute approximate surface area is 123 Å². The maximum atomic E-state index is 12.7. The highest BCUT2D eigenvalue weighted by Gasteiger charge is 2.30. The molecule has 1 aromatic rings. The van der Waals surface area contributed by atoms with E-state index >= 15 is 0 Å². The second-order valence-corrected chi connectivity index (χ2v) is 5.75. The largest absolute Gasteiger partial charge is 0.396 e. The number of nitrogens with zero attached hydrogens (tertiary/aromatic N) is 1. The van der Waals surface area contributed by atoms with Crippen molar-refractivity contribution in [2.45, 2.75) is 31.7 Å². The van der Waals surface area contributed by atoms with Crippen LogP contribution in [0.15, 0.2) is 11.4 Å². The number of amides is 1. The monoisotopic (exact) mass is 292 g/mol. The van der Waals surface area contributed by atoms with Crippen molar-refractivity contribution in [2.24, 2.45) is 5.73 Å². The number of aliphatic hydroxyl groups excluding tert-OH is 1. The summed E-state index contributed by atoms with van der Waals surface area (Å²) in [5, 5.41) is 10.9. The molecule has 108 valence electrons. The van der Waals surface area contributed by atoms with Crippen molar-refractivity contribution >= 4 is 17.2 Å². The minimum absolute atomic E-state index is 0.0412. The maximum absolute atomic E-state index is 12.7. The van der Waals surface area contributed by atoms with Crippen molar-refractivity contribution in [1.82, 2.24) is 4.90 Å². The molecule has 0 spiro atoms. The van der Waals surface area contributed by atoms with Crippen LogP contribution in [0.2, 0.25) is 0 Å². The zero-order chi connectivity index (χ0) is 14.4. The molecule has 0 unspecified atom stereocenters. The van der Waals surface area contributed by atoms with Gasteiger partial charge in [-0.05, 0) is 37.1 Å². The average Bonchev–Trinajstić information content (AvgIpc) is 2.86. The summed E-state index contributed by atoms with van der Waals surface area (Å²) in [5.41, 5.74) is 6.15. The summed E-state index contributed by atoms with van der Waals surface area (Å²) in [7, 11) is 0. The summed E-state index contributed by atoms with van der Waals surface area (Å²) < 4.78 is 0. The second-order valence-electron chi connectivity index (χ2n) is 4.83. The normalized spacial score (nSPS) is 14.3. The van der Waals surface area contributed by atoms with E-state index in [1.807, 2.05) is 16.3 Å². The van der Waals surface area contributed by atoms with Crippen LogP contribution < -0.4 is 5.73 Å². The van der Waals surface area contributed by atoms with E-state index in [1.165, 1.54) is 17.8 Å². The Balaban J connectivity index is 2.16. The molecule has 1 fully saturated rings. The number of rotatable bonds is 5. The van der Waals surface area contributed by atoms with Crippen LogP contribution in [-0.2, 0) is 0 Å². The number of hydrogen-bond donors (Lipinski definition) is 2. The molecule has 3 N–H and O–H groups in total. The summed E-state index contributed by atoms with van der Waals surface area (Å²) in [5.74, 6) is 5.80. The van der Waals surface area contributed by atoms with Gasteiger partial charge in [0.2, 0.25) is 0 Å². The van der Waals surface area contributed by atoms with Crippen LogP contribution in [0.1, 0.15) is 40.9 Å². The molecule has 0 aromatic carbocycles. The molecule has 0 radical (unpaired) electrons. The first-order valence-electron chi connectivity index (χ1n) is 6.96. The molecule has 1 aromatic heterocycles. The lowest BCUT2D eigenvalue weighted by Gasteiger charge is -2.37. The summed E-state index contributed by atoms with van der Waals surface area (Å²) in [6.07, 6.45) is 3.92. The van der Waals surface area contributed by atoms with Gasteiger partial charge >= 0.3 is 0 Å². The first-order valence-corrected chi connectivity index (χ1v) is 7.84. The van der Waals surface area contributed by atoms with E-state index in [-0.39, 0.29) is 12.5 Å². The fourth-order valence-corrected chi connectivity index (χ4v) is 3.04. The molecule has 1 saturated carbocycles. The molecule has 5 heteroatoms. The van der Waals surface area contributed by atoms with E-state index in [9.17, 15) is 4.79 Å². The lowest BCUT2D eigenvalue weighted by molar-refractivity contribution is 0.0567. The van der Waals surface area contributed by atoms with Crippen LogP contribution in [-0.4, -0.2) is 41.7 Å². The number of aliphatic hydroxyl groups is 1. The standard InChI is InChI=1S/C15H20N2O2S/c16-8-2-4-12-7-11-20-14(12)15(19)17(9-3-10-18)13-5-1-6-13/h7,11,13,18H,1,3,5-6,8-10,16H2. The SMILES string of the molecule is NCC#Cc1ccsc1C(=O)N(CCCO)C1CCC1. The topological polar surface area (TPSA) is 66.6 Å². The third kappa shape index (κ3) is 3.40. The Morgan fingerprint density at radius 3 is 2.95 bits per heavy atom. The van der Waals surface area contributed by atoms with Gasteiger partial charge in [0, 0.05) is 24.8 Å². The Morgan fingerprint density at radius 1 is 1.55 bits per heavy atom. The van der Waals surface area contributed by atoms with Gasteiger partial charge in [0.1, 0.15) is 4.88 Å². The first-order chi connectivity index (χ1) is 9.77. The fourth-order valence-electron chi connectivity index (χ4n) is 2.24. The summed E-state index contributed by atoms with van der Waals surface area (Å²) in [6.45, 7) is 1.02. The van der Waals surface area contributed by atoms with Gasteiger partial charge < -0.3 is 15.7 Å². The third-order valence-electron chi connectivity index (χ3n) is 3.52. The predicted molar refractivity (Wildman–Crippen MR) is 80.6 cm³/mol. The van der Waals surface area contributed by atoms with Crippen LogP contribution in [0.4, 0.5) is 0 Å². The number of carbonyl (C=O) groups excluding carboxylic acids is 1. The van der Waals surface area contributed by atoms with Gasteiger partial charge in [-0.2, -0.15) is 0 Å². The molecular weight excluding hydrogens is 272 g/mol. The Kier molecular flexibility index (Phi) is 5.60. The minimum Gasteiger partial charge on any atom is -0.396 e. The van der Waals surface area contributed by atoms with Crippen LogP contribution >= 0.6 is 11.3 Å². The van der Waals surface area contributed by atoms with Crippen molar-refractivity contribution in [2.75, 3.05) is 19.7 Å². The van der Waals surface area contributed by atoms with E-state index in [0.717, 1.165) is 18.4 Å². The van der Waals surface area contributed by atoms with Crippen molar-refractivity contribution in [1.29, 1.82) is 0 Å². The molecule has 2 rings (SSSR count). The molecule has 0 aliphatic heterocycles. The average molecular weight is 292 g/mol. The number of nitrogens with two attached hydrogens (primary N) is 1. The van der Waals surface area contributed by atoms with Crippen LogP contribution in [0.5, 0.6) is 0 Å². The van der Waals surface area contributed by atoms with Gasteiger partial charge in [0.25, 0.3) is 5.91 Å². The molecule has 20 heavy (non-hydrogen) atoms. The Bertz CT molecular complexity index is 511. The van der Waals surface area contributed by atoms with Crippen molar-refractivity contribution in [3.05, 3.63) is 21.9 Å². The second kappa shape index (κ2) is 7.44. The van der Waals surface area contributed by atoms with Gasteiger partial charge in [-0.3, -0.25) is 4.79 Å². The Hall–Kier alpha value is -1.35. The highest BCUT2D eigenvalue weighted by atomic mass is 32.1. The van der Waals surface area contributed by atoms with Crippen LogP contribution in [0.25, 0.3) is 0 Å². The number of hydrogen-bond acceptors (Lipinski definition) is 4. The molecule has 1 aliphatic rings. The van der Waals surface area contributed by atoms with Crippen molar-refractivity contribution in [3.63, 3.8) is 0 Å². The fraction of sp³-hybridized carbons (Fsp3) is 0.533. The van der Waals surface area contributed by atoms with Gasteiger partial charge in [0.05, 0.1) is 6.54 Å². The molecular formula is C15H20N2O2S. The molecule has 4 nitrogen and oxygen atoms in total. The molecule has 1 aliphatic carbocycles. The highest BCUT2D eigenvalue weighted by molar-refractivity contribution is 7.12. The third-order valence-corrected chi connectivity index (χ3v) is 4.42. The van der Waals surface area contributed by atoms with Gasteiger partial charge in [-0.15, -0.1) is 11.3 Å². The van der Waals surface area contributed by atoms with Crippen molar-refractivity contribution in [3.8, 4) is 11.8 Å².